The Morgan fingerprint density at radius 3 is 2.60 bits per heavy atom. The van der Waals surface area contributed by atoms with E-state index in [1.54, 1.807) is 0 Å². The number of rotatable bonds is 4. The van der Waals surface area contributed by atoms with Crippen molar-refractivity contribution in [1.29, 1.82) is 0 Å². The maximum atomic E-state index is 5.78. The third-order valence-corrected chi connectivity index (χ3v) is 2.15. The monoisotopic (exact) mass is 162 g/mol. The van der Waals surface area contributed by atoms with Crippen molar-refractivity contribution in [3.8, 4) is 0 Å². The molecule has 3 unspecified atom stereocenters. The molecular formula is C8H15ClO. The predicted octanol–water partition coefficient (Wildman–Crippen LogP) is 2.57. The van der Waals surface area contributed by atoms with Gasteiger partial charge in [0.15, 0.2) is 0 Å². The first-order chi connectivity index (χ1) is 4.70. The number of halogens is 1. The van der Waals surface area contributed by atoms with E-state index in [1.165, 1.54) is 12.8 Å². The van der Waals surface area contributed by atoms with E-state index in [0.29, 0.717) is 17.6 Å². The molecular weight excluding hydrogens is 148 g/mol. The van der Waals surface area contributed by atoms with Gasteiger partial charge in [0, 0.05) is 5.38 Å². The molecule has 10 heavy (non-hydrogen) atoms. The van der Waals surface area contributed by atoms with Crippen LogP contribution >= 0.6 is 11.6 Å². The summed E-state index contributed by atoms with van der Waals surface area (Å²) in [6, 6.07) is 0. The summed E-state index contributed by atoms with van der Waals surface area (Å²) < 4.78 is 5.26. The van der Waals surface area contributed by atoms with Crippen LogP contribution in [0.25, 0.3) is 0 Å². The van der Waals surface area contributed by atoms with Gasteiger partial charge < -0.3 is 4.74 Å². The van der Waals surface area contributed by atoms with E-state index in [0.717, 1.165) is 6.42 Å². The molecule has 1 heterocycles. The molecule has 0 bridgehead atoms. The van der Waals surface area contributed by atoms with E-state index in [1.807, 2.05) is 6.92 Å². The summed E-state index contributed by atoms with van der Waals surface area (Å²) in [6.45, 7) is 4.16. The van der Waals surface area contributed by atoms with E-state index >= 15 is 0 Å². The molecule has 0 amide bonds. The second-order valence-electron chi connectivity index (χ2n) is 3.09. The zero-order chi connectivity index (χ0) is 7.56. The molecule has 0 saturated carbocycles. The van der Waals surface area contributed by atoms with Gasteiger partial charge in [-0.25, -0.2) is 0 Å². The van der Waals surface area contributed by atoms with Crippen LogP contribution in [0.1, 0.15) is 33.1 Å². The number of ether oxygens (including phenoxy) is 1. The van der Waals surface area contributed by atoms with Crippen LogP contribution in [0.15, 0.2) is 0 Å². The SMILES string of the molecule is CC(Cl)CCCC1OC1C. The molecule has 0 radical (unpaired) electrons. The Bertz CT molecular complexity index is 103. The highest BCUT2D eigenvalue weighted by Gasteiger charge is 2.32. The van der Waals surface area contributed by atoms with Crippen molar-refractivity contribution >= 4 is 11.6 Å². The van der Waals surface area contributed by atoms with Crippen LogP contribution in [-0.2, 0) is 4.74 Å². The molecule has 0 aromatic carbocycles. The molecule has 0 aliphatic carbocycles. The Kier molecular flexibility index (Phi) is 2.99. The molecule has 1 fully saturated rings. The number of epoxide rings is 1. The van der Waals surface area contributed by atoms with Gasteiger partial charge in [0.2, 0.25) is 0 Å². The van der Waals surface area contributed by atoms with Crippen molar-refractivity contribution in [2.75, 3.05) is 0 Å². The number of hydrogen-bond acceptors (Lipinski definition) is 1. The Hall–Kier alpha value is 0.250. The summed E-state index contributed by atoms with van der Waals surface area (Å²) in [4.78, 5) is 0. The van der Waals surface area contributed by atoms with Gasteiger partial charge in [-0.15, -0.1) is 11.6 Å². The van der Waals surface area contributed by atoms with E-state index in [9.17, 15) is 0 Å². The second kappa shape index (κ2) is 3.59. The fourth-order valence-corrected chi connectivity index (χ4v) is 1.29. The highest BCUT2D eigenvalue weighted by atomic mass is 35.5. The van der Waals surface area contributed by atoms with Crippen molar-refractivity contribution < 1.29 is 4.74 Å². The summed E-state index contributed by atoms with van der Waals surface area (Å²) >= 11 is 5.78. The molecule has 2 heteroatoms. The standard InChI is InChI=1S/C8H15ClO/c1-6(9)4-3-5-8-7(2)10-8/h6-8H,3-5H2,1-2H3. The molecule has 0 aromatic rings. The highest BCUT2D eigenvalue weighted by molar-refractivity contribution is 6.20. The average Bonchev–Trinajstić information content (AvgIpc) is 2.46. The lowest BCUT2D eigenvalue weighted by Crippen LogP contribution is -1.94. The second-order valence-corrected chi connectivity index (χ2v) is 3.84. The lowest BCUT2D eigenvalue weighted by atomic mass is 10.1. The maximum Gasteiger partial charge on any atom is 0.0839 e. The molecule has 0 spiro atoms. The van der Waals surface area contributed by atoms with Crippen molar-refractivity contribution in [3.63, 3.8) is 0 Å². The Morgan fingerprint density at radius 2 is 2.20 bits per heavy atom. The van der Waals surface area contributed by atoms with Gasteiger partial charge in [0.25, 0.3) is 0 Å². The Labute approximate surface area is 67.7 Å². The van der Waals surface area contributed by atoms with Gasteiger partial charge in [-0.3, -0.25) is 0 Å². The van der Waals surface area contributed by atoms with Gasteiger partial charge in [-0.1, -0.05) is 0 Å². The van der Waals surface area contributed by atoms with Gasteiger partial charge >= 0.3 is 0 Å². The smallest absolute Gasteiger partial charge is 0.0839 e. The van der Waals surface area contributed by atoms with Crippen LogP contribution in [0.2, 0.25) is 0 Å². The minimum atomic E-state index is 0.328. The van der Waals surface area contributed by atoms with Crippen molar-refractivity contribution in [2.45, 2.75) is 50.7 Å². The summed E-state index contributed by atoms with van der Waals surface area (Å²) in [5.74, 6) is 0. The largest absolute Gasteiger partial charge is 0.370 e. The lowest BCUT2D eigenvalue weighted by molar-refractivity contribution is 0.365. The van der Waals surface area contributed by atoms with Gasteiger partial charge in [0.1, 0.15) is 0 Å². The third-order valence-electron chi connectivity index (χ3n) is 1.93. The van der Waals surface area contributed by atoms with Gasteiger partial charge in [0.05, 0.1) is 12.2 Å². The Morgan fingerprint density at radius 1 is 1.60 bits per heavy atom. The summed E-state index contributed by atoms with van der Waals surface area (Å²) in [5, 5.41) is 0.328. The molecule has 1 nitrogen and oxygen atoms in total. The van der Waals surface area contributed by atoms with Crippen LogP contribution in [0.4, 0.5) is 0 Å². The normalized spacial score (nSPS) is 33.9. The zero-order valence-electron chi connectivity index (χ0n) is 6.64. The molecule has 1 rings (SSSR count). The van der Waals surface area contributed by atoms with Crippen LogP contribution in [0.5, 0.6) is 0 Å². The Balaban J connectivity index is 1.87. The molecule has 60 valence electrons. The lowest BCUT2D eigenvalue weighted by Gasteiger charge is -1.99. The molecule has 3 atom stereocenters. The van der Waals surface area contributed by atoms with Gasteiger partial charge in [-0.2, -0.15) is 0 Å². The van der Waals surface area contributed by atoms with Crippen LogP contribution in [0.3, 0.4) is 0 Å². The van der Waals surface area contributed by atoms with E-state index in [2.05, 4.69) is 6.92 Å². The van der Waals surface area contributed by atoms with E-state index in [-0.39, 0.29) is 0 Å². The summed E-state index contributed by atoms with van der Waals surface area (Å²) in [7, 11) is 0. The van der Waals surface area contributed by atoms with Crippen molar-refractivity contribution in [3.05, 3.63) is 0 Å². The minimum Gasteiger partial charge on any atom is -0.370 e. The predicted molar refractivity (Wildman–Crippen MR) is 43.5 cm³/mol. The summed E-state index contributed by atoms with van der Waals surface area (Å²) in [6.07, 6.45) is 4.59. The quantitative estimate of drug-likeness (QED) is 0.457. The first-order valence-corrected chi connectivity index (χ1v) is 4.43. The van der Waals surface area contributed by atoms with E-state index < -0.39 is 0 Å². The molecule has 0 aromatic heterocycles. The molecule has 0 N–H and O–H groups in total. The fraction of sp³-hybridized carbons (Fsp3) is 1.00. The highest BCUT2D eigenvalue weighted by Crippen LogP contribution is 2.26. The summed E-state index contributed by atoms with van der Waals surface area (Å²) in [5.41, 5.74) is 0. The van der Waals surface area contributed by atoms with Crippen LogP contribution in [-0.4, -0.2) is 17.6 Å². The van der Waals surface area contributed by atoms with Gasteiger partial charge in [-0.05, 0) is 33.1 Å². The molecule has 1 saturated heterocycles. The van der Waals surface area contributed by atoms with Crippen molar-refractivity contribution in [2.24, 2.45) is 0 Å². The first kappa shape index (κ1) is 8.35. The third kappa shape index (κ3) is 2.89. The van der Waals surface area contributed by atoms with Crippen LogP contribution in [0, 0.1) is 0 Å². The molecule has 1 aliphatic heterocycles. The molecule has 1 aliphatic rings. The maximum absolute atomic E-state index is 5.78. The average molecular weight is 163 g/mol. The fourth-order valence-electron chi connectivity index (χ4n) is 1.13. The number of alkyl halides is 1. The van der Waals surface area contributed by atoms with E-state index in [4.69, 9.17) is 16.3 Å². The van der Waals surface area contributed by atoms with Crippen LogP contribution < -0.4 is 0 Å². The minimum absolute atomic E-state index is 0.328. The number of hydrogen-bond donors (Lipinski definition) is 0. The zero-order valence-corrected chi connectivity index (χ0v) is 7.40. The first-order valence-electron chi connectivity index (χ1n) is 3.99. The topological polar surface area (TPSA) is 12.5 Å². The van der Waals surface area contributed by atoms with Crippen molar-refractivity contribution in [1.82, 2.24) is 0 Å².